The van der Waals surface area contributed by atoms with Crippen molar-refractivity contribution in [1.29, 1.82) is 0 Å². The molecule has 0 saturated carbocycles. The predicted molar refractivity (Wildman–Crippen MR) is 76.4 cm³/mol. The molecule has 3 aliphatic rings. The van der Waals surface area contributed by atoms with Gasteiger partial charge in [-0.05, 0) is 25.3 Å². The first-order valence-corrected chi connectivity index (χ1v) is 7.06. The third-order valence-electron chi connectivity index (χ3n) is 3.98. The molecule has 0 aromatic carbocycles. The van der Waals surface area contributed by atoms with Crippen molar-refractivity contribution < 1.29 is 9.59 Å². The molecule has 3 rings (SSSR count). The van der Waals surface area contributed by atoms with Gasteiger partial charge >= 0.3 is 0 Å². The molecule has 2 bridgehead atoms. The molecule has 0 aromatic heterocycles. The quantitative estimate of drug-likeness (QED) is 0.845. The highest BCUT2D eigenvalue weighted by atomic mass is 16.2. The molecular weight excluding hydrogens is 252 g/mol. The lowest BCUT2D eigenvalue weighted by Crippen LogP contribution is -2.37. The first kappa shape index (κ1) is 12.9. The third kappa shape index (κ3) is 2.11. The van der Waals surface area contributed by atoms with Crippen molar-refractivity contribution in [2.45, 2.75) is 13.3 Å². The van der Waals surface area contributed by atoms with Crippen LogP contribution in [0.15, 0.2) is 47.7 Å². The van der Waals surface area contributed by atoms with E-state index in [4.69, 9.17) is 0 Å². The van der Waals surface area contributed by atoms with Crippen LogP contribution < -0.4 is 5.32 Å². The van der Waals surface area contributed by atoms with E-state index in [1.165, 1.54) is 0 Å². The zero-order valence-corrected chi connectivity index (χ0v) is 11.5. The molecule has 1 heterocycles. The fraction of sp³-hybridized carbons (Fsp3) is 0.375. The SMILES string of the molecule is CCNC(=O)CN1C(=O)C2=CC=CC3C=CC=C1C2C3. The van der Waals surface area contributed by atoms with Gasteiger partial charge in [-0.1, -0.05) is 30.4 Å². The van der Waals surface area contributed by atoms with Gasteiger partial charge in [-0.3, -0.25) is 9.59 Å². The first-order chi connectivity index (χ1) is 9.70. The maximum absolute atomic E-state index is 12.5. The molecule has 0 aromatic rings. The van der Waals surface area contributed by atoms with E-state index in [0.29, 0.717) is 12.5 Å². The van der Waals surface area contributed by atoms with Crippen LogP contribution in [0.5, 0.6) is 0 Å². The number of likely N-dealkylation sites (tertiary alicyclic amines) is 1. The van der Waals surface area contributed by atoms with Crippen molar-refractivity contribution in [1.82, 2.24) is 10.2 Å². The van der Waals surface area contributed by atoms with E-state index in [2.05, 4.69) is 17.5 Å². The molecule has 2 aliphatic carbocycles. The van der Waals surface area contributed by atoms with E-state index in [-0.39, 0.29) is 24.3 Å². The number of nitrogens with one attached hydrogen (secondary N) is 1. The number of hydrogen-bond donors (Lipinski definition) is 1. The van der Waals surface area contributed by atoms with Crippen molar-refractivity contribution in [2.75, 3.05) is 13.1 Å². The zero-order valence-electron chi connectivity index (χ0n) is 11.5. The highest BCUT2D eigenvalue weighted by Gasteiger charge is 2.41. The Morgan fingerprint density at radius 2 is 2.10 bits per heavy atom. The summed E-state index contributed by atoms with van der Waals surface area (Å²) in [5.74, 6) is 0.332. The van der Waals surface area contributed by atoms with Crippen molar-refractivity contribution >= 4 is 11.8 Å². The van der Waals surface area contributed by atoms with Gasteiger partial charge < -0.3 is 10.2 Å². The highest BCUT2D eigenvalue weighted by molar-refractivity contribution is 6.01. The van der Waals surface area contributed by atoms with Gasteiger partial charge in [0.05, 0.1) is 0 Å². The average molecular weight is 270 g/mol. The lowest BCUT2D eigenvalue weighted by atomic mass is 9.91. The second-order valence-corrected chi connectivity index (χ2v) is 5.28. The zero-order chi connectivity index (χ0) is 14.1. The van der Waals surface area contributed by atoms with Crippen LogP contribution in [0.2, 0.25) is 0 Å². The molecule has 4 heteroatoms. The number of carbonyl (C=O) groups excluding carboxylic acids is 2. The minimum absolute atomic E-state index is 0.0342. The number of nitrogens with zero attached hydrogens (tertiary/aromatic N) is 1. The Morgan fingerprint density at radius 3 is 2.85 bits per heavy atom. The molecule has 4 nitrogen and oxygen atoms in total. The first-order valence-electron chi connectivity index (χ1n) is 7.06. The second kappa shape index (κ2) is 5.12. The lowest BCUT2D eigenvalue weighted by molar-refractivity contribution is -0.130. The van der Waals surface area contributed by atoms with E-state index < -0.39 is 0 Å². The van der Waals surface area contributed by atoms with Crippen LogP contribution >= 0.6 is 0 Å². The molecule has 20 heavy (non-hydrogen) atoms. The molecule has 1 fully saturated rings. The largest absolute Gasteiger partial charge is 0.355 e. The van der Waals surface area contributed by atoms with Crippen LogP contribution in [0.25, 0.3) is 0 Å². The Bertz CT molecular complexity index is 569. The van der Waals surface area contributed by atoms with E-state index in [0.717, 1.165) is 17.7 Å². The molecule has 2 unspecified atom stereocenters. The van der Waals surface area contributed by atoms with E-state index >= 15 is 0 Å². The number of amides is 2. The van der Waals surface area contributed by atoms with Gasteiger partial charge in [0, 0.05) is 23.7 Å². The van der Waals surface area contributed by atoms with Crippen molar-refractivity contribution in [3.63, 3.8) is 0 Å². The molecular formula is C16H18N2O2. The summed E-state index contributed by atoms with van der Waals surface area (Å²) >= 11 is 0. The van der Waals surface area contributed by atoms with Gasteiger partial charge in [-0.2, -0.15) is 0 Å². The summed E-state index contributed by atoms with van der Waals surface area (Å²) < 4.78 is 0. The number of fused-ring (bicyclic) bond motifs is 1. The Balaban J connectivity index is 1.93. The normalized spacial score (nSPS) is 26.9. The molecule has 2 amide bonds. The summed E-state index contributed by atoms with van der Waals surface area (Å²) in [7, 11) is 0. The van der Waals surface area contributed by atoms with Gasteiger partial charge in [0.1, 0.15) is 6.54 Å². The maximum atomic E-state index is 12.5. The van der Waals surface area contributed by atoms with Gasteiger partial charge in [-0.25, -0.2) is 0 Å². The van der Waals surface area contributed by atoms with Crippen molar-refractivity contribution in [3.05, 3.63) is 47.7 Å². The summed E-state index contributed by atoms with van der Waals surface area (Å²) in [5.41, 5.74) is 1.76. The standard InChI is InChI=1S/C16H18N2O2/c1-2-17-15(19)10-18-14-8-4-6-11-5-3-7-12(16(18)20)13(14)9-11/h3-8,11,13H,2,9-10H2,1H3,(H,17,19). The van der Waals surface area contributed by atoms with Gasteiger partial charge in [0.2, 0.25) is 5.91 Å². The second-order valence-electron chi connectivity index (χ2n) is 5.28. The molecule has 0 radical (unpaired) electrons. The summed E-state index contributed by atoms with van der Waals surface area (Å²) in [4.78, 5) is 25.9. The van der Waals surface area contributed by atoms with Crippen LogP contribution in [0.1, 0.15) is 13.3 Å². The van der Waals surface area contributed by atoms with Gasteiger partial charge in [-0.15, -0.1) is 0 Å². The van der Waals surface area contributed by atoms with Crippen LogP contribution in [0.4, 0.5) is 0 Å². The number of allylic oxidation sites excluding steroid dienone is 7. The Hall–Kier alpha value is -2.10. The van der Waals surface area contributed by atoms with Crippen molar-refractivity contribution in [3.8, 4) is 0 Å². The number of carbonyl (C=O) groups is 2. The fourth-order valence-electron chi connectivity index (χ4n) is 3.06. The molecule has 2 atom stereocenters. The molecule has 1 aliphatic heterocycles. The molecule has 104 valence electrons. The molecule has 1 N–H and O–H groups in total. The van der Waals surface area contributed by atoms with Crippen LogP contribution in [0.3, 0.4) is 0 Å². The number of likely N-dealkylation sites (N-methyl/N-ethyl adjacent to an activating group) is 1. The average Bonchev–Trinajstić information content (AvgIpc) is 2.67. The van der Waals surface area contributed by atoms with Crippen LogP contribution in [-0.2, 0) is 9.59 Å². The topological polar surface area (TPSA) is 49.4 Å². The van der Waals surface area contributed by atoms with E-state index in [1.54, 1.807) is 4.90 Å². The summed E-state index contributed by atoms with van der Waals surface area (Å²) in [6.45, 7) is 2.56. The van der Waals surface area contributed by atoms with Crippen molar-refractivity contribution in [2.24, 2.45) is 11.8 Å². The maximum Gasteiger partial charge on any atom is 0.255 e. The molecule has 1 saturated heterocycles. The van der Waals surface area contributed by atoms with E-state index in [1.807, 2.05) is 31.2 Å². The van der Waals surface area contributed by atoms with Crippen LogP contribution in [0, 0.1) is 11.8 Å². The minimum Gasteiger partial charge on any atom is -0.355 e. The number of hydrogen-bond acceptors (Lipinski definition) is 2. The number of rotatable bonds is 3. The van der Waals surface area contributed by atoms with Crippen LogP contribution in [-0.4, -0.2) is 29.8 Å². The van der Waals surface area contributed by atoms with E-state index in [9.17, 15) is 9.59 Å². The molecule has 0 spiro atoms. The Morgan fingerprint density at radius 1 is 1.35 bits per heavy atom. The Labute approximate surface area is 118 Å². The highest BCUT2D eigenvalue weighted by Crippen LogP contribution is 2.41. The predicted octanol–water partition coefficient (Wildman–Crippen LogP) is 1.54. The minimum atomic E-state index is -0.112. The van der Waals surface area contributed by atoms with Gasteiger partial charge in [0.25, 0.3) is 5.91 Å². The summed E-state index contributed by atoms with van der Waals surface area (Å²) in [6.07, 6.45) is 13.0. The van der Waals surface area contributed by atoms with Gasteiger partial charge in [0.15, 0.2) is 0 Å². The lowest BCUT2D eigenvalue weighted by Gasteiger charge is -2.19. The third-order valence-corrected chi connectivity index (χ3v) is 3.98. The Kier molecular flexibility index (Phi) is 3.30. The summed E-state index contributed by atoms with van der Waals surface area (Å²) in [5, 5.41) is 2.75. The fourth-order valence-corrected chi connectivity index (χ4v) is 3.06. The smallest absolute Gasteiger partial charge is 0.255 e. The monoisotopic (exact) mass is 270 g/mol. The summed E-state index contributed by atoms with van der Waals surface area (Å²) in [6, 6.07) is 0.